The number of nitrogens with two attached hydrogens (primary N) is 1. The van der Waals surface area contributed by atoms with E-state index in [-0.39, 0.29) is 6.10 Å². The zero-order valence-electron chi connectivity index (χ0n) is 11.9. The van der Waals surface area contributed by atoms with Crippen molar-refractivity contribution in [2.75, 3.05) is 20.8 Å². The summed E-state index contributed by atoms with van der Waals surface area (Å²) in [4.78, 5) is 0. The van der Waals surface area contributed by atoms with Crippen LogP contribution in [-0.2, 0) is 7.05 Å². The van der Waals surface area contributed by atoms with Crippen molar-refractivity contribution in [3.8, 4) is 17.2 Å². The smallest absolute Gasteiger partial charge is 0.139 e. The molecule has 1 aromatic carbocycles. The van der Waals surface area contributed by atoms with Crippen molar-refractivity contribution in [1.29, 1.82) is 0 Å². The maximum atomic E-state index is 5.91. The number of benzene rings is 1. The van der Waals surface area contributed by atoms with Gasteiger partial charge in [-0.1, -0.05) is 0 Å². The van der Waals surface area contributed by atoms with Crippen LogP contribution in [0.15, 0.2) is 30.6 Å². The lowest BCUT2D eigenvalue weighted by Gasteiger charge is -2.17. The Hall–Kier alpha value is -2.21. The lowest BCUT2D eigenvalue weighted by atomic mass is 10.2. The van der Waals surface area contributed by atoms with E-state index in [1.165, 1.54) is 0 Å². The molecule has 0 amide bonds. The van der Waals surface area contributed by atoms with Crippen molar-refractivity contribution in [2.24, 2.45) is 12.8 Å². The Bertz CT molecular complexity index is 546. The minimum atomic E-state index is -0.263. The van der Waals surface area contributed by atoms with Crippen molar-refractivity contribution >= 4 is 0 Å². The van der Waals surface area contributed by atoms with Crippen LogP contribution in [0.3, 0.4) is 0 Å². The van der Waals surface area contributed by atoms with E-state index in [1.54, 1.807) is 43.3 Å². The lowest BCUT2D eigenvalue weighted by Crippen LogP contribution is -2.18. The summed E-state index contributed by atoms with van der Waals surface area (Å²) in [6, 6.07) is 5.37. The maximum Gasteiger partial charge on any atom is 0.139 e. The topological polar surface area (TPSA) is 71.5 Å². The highest BCUT2D eigenvalue weighted by molar-refractivity contribution is 5.42. The van der Waals surface area contributed by atoms with Crippen LogP contribution in [0.25, 0.3) is 0 Å². The fourth-order valence-electron chi connectivity index (χ4n) is 1.87. The lowest BCUT2D eigenvalue weighted by molar-refractivity contribution is 0.212. The first kappa shape index (κ1) is 14.2. The van der Waals surface area contributed by atoms with Gasteiger partial charge in [-0.25, -0.2) is 0 Å². The van der Waals surface area contributed by atoms with Gasteiger partial charge in [0.1, 0.15) is 23.4 Å². The molecule has 20 heavy (non-hydrogen) atoms. The summed E-state index contributed by atoms with van der Waals surface area (Å²) in [6.07, 6.45) is 3.37. The molecule has 1 heterocycles. The van der Waals surface area contributed by atoms with E-state index < -0.39 is 0 Å². The highest BCUT2D eigenvalue weighted by Gasteiger charge is 2.14. The third kappa shape index (κ3) is 3.21. The predicted molar refractivity (Wildman–Crippen MR) is 75.2 cm³/mol. The van der Waals surface area contributed by atoms with Crippen LogP contribution in [0, 0.1) is 0 Å². The number of hydrogen-bond donors (Lipinski definition) is 1. The Balaban J connectivity index is 2.22. The molecule has 0 aliphatic heterocycles. The van der Waals surface area contributed by atoms with Crippen LogP contribution in [-0.4, -0.2) is 30.5 Å². The number of rotatable bonds is 6. The zero-order valence-corrected chi connectivity index (χ0v) is 11.9. The molecule has 0 saturated heterocycles. The van der Waals surface area contributed by atoms with E-state index in [4.69, 9.17) is 19.9 Å². The van der Waals surface area contributed by atoms with Gasteiger partial charge in [0, 0.05) is 43.6 Å². The van der Waals surface area contributed by atoms with Crippen molar-refractivity contribution < 1.29 is 14.2 Å². The van der Waals surface area contributed by atoms with Crippen molar-refractivity contribution in [3.05, 3.63) is 36.2 Å². The fourth-order valence-corrected chi connectivity index (χ4v) is 1.87. The molecule has 2 rings (SSSR count). The summed E-state index contributed by atoms with van der Waals surface area (Å²) in [5, 5.41) is 4.13. The van der Waals surface area contributed by atoms with Gasteiger partial charge in [-0.3, -0.25) is 4.68 Å². The van der Waals surface area contributed by atoms with E-state index in [2.05, 4.69) is 5.10 Å². The highest BCUT2D eigenvalue weighted by atomic mass is 16.5. The number of aromatic nitrogens is 2. The number of hydrogen-bond acceptors (Lipinski definition) is 5. The van der Waals surface area contributed by atoms with Crippen molar-refractivity contribution in [3.63, 3.8) is 0 Å². The molecule has 6 heteroatoms. The molecule has 2 aromatic rings. The standard InChI is InChI=1S/C14H19N3O3/c1-17-9-10(8-16-17)14(7-15)20-13-5-11(18-2)4-12(6-13)19-3/h4-6,8-9,14H,7,15H2,1-3H3. The molecule has 1 aromatic heterocycles. The van der Waals surface area contributed by atoms with Gasteiger partial charge in [-0.15, -0.1) is 0 Å². The molecule has 108 valence electrons. The van der Waals surface area contributed by atoms with Gasteiger partial charge in [0.05, 0.1) is 20.4 Å². The Labute approximate surface area is 118 Å². The van der Waals surface area contributed by atoms with Crippen LogP contribution >= 0.6 is 0 Å². The zero-order chi connectivity index (χ0) is 14.5. The van der Waals surface area contributed by atoms with E-state index in [0.29, 0.717) is 23.8 Å². The monoisotopic (exact) mass is 277 g/mol. The Morgan fingerprint density at radius 3 is 2.20 bits per heavy atom. The molecular formula is C14H19N3O3. The second-order valence-electron chi connectivity index (χ2n) is 4.34. The van der Waals surface area contributed by atoms with Crippen LogP contribution in [0.4, 0.5) is 0 Å². The maximum absolute atomic E-state index is 5.91. The van der Waals surface area contributed by atoms with Crippen LogP contribution < -0.4 is 19.9 Å². The SMILES string of the molecule is COc1cc(OC)cc(OC(CN)c2cnn(C)c2)c1. The molecule has 0 saturated carbocycles. The van der Waals surface area contributed by atoms with E-state index in [9.17, 15) is 0 Å². The normalized spacial score (nSPS) is 12.0. The molecular weight excluding hydrogens is 258 g/mol. The summed E-state index contributed by atoms with van der Waals surface area (Å²) in [5.74, 6) is 1.98. The van der Waals surface area contributed by atoms with Gasteiger partial charge >= 0.3 is 0 Å². The molecule has 0 spiro atoms. The van der Waals surface area contributed by atoms with Crippen LogP contribution in [0.1, 0.15) is 11.7 Å². The Morgan fingerprint density at radius 1 is 1.15 bits per heavy atom. The first-order chi connectivity index (χ1) is 9.66. The first-order valence-corrected chi connectivity index (χ1v) is 6.24. The third-order valence-corrected chi connectivity index (χ3v) is 2.91. The quantitative estimate of drug-likeness (QED) is 0.866. The highest BCUT2D eigenvalue weighted by Crippen LogP contribution is 2.30. The molecule has 0 aliphatic carbocycles. The van der Waals surface area contributed by atoms with Gasteiger partial charge in [0.15, 0.2) is 0 Å². The van der Waals surface area contributed by atoms with E-state index >= 15 is 0 Å². The molecule has 2 N–H and O–H groups in total. The van der Waals surface area contributed by atoms with Gasteiger partial charge in [-0.2, -0.15) is 5.10 Å². The van der Waals surface area contributed by atoms with Gasteiger partial charge in [-0.05, 0) is 0 Å². The first-order valence-electron chi connectivity index (χ1n) is 6.24. The Morgan fingerprint density at radius 2 is 1.75 bits per heavy atom. The third-order valence-electron chi connectivity index (χ3n) is 2.91. The summed E-state index contributed by atoms with van der Waals surface area (Å²) in [7, 11) is 5.05. The van der Waals surface area contributed by atoms with E-state index in [1.807, 2.05) is 13.2 Å². The molecule has 0 radical (unpaired) electrons. The van der Waals surface area contributed by atoms with Gasteiger partial charge < -0.3 is 19.9 Å². The number of methoxy groups -OCH3 is 2. The van der Waals surface area contributed by atoms with E-state index in [0.717, 1.165) is 5.56 Å². The van der Waals surface area contributed by atoms with Crippen molar-refractivity contribution in [1.82, 2.24) is 9.78 Å². The molecule has 1 unspecified atom stereocenters. The average Bonchev–Trinajstić information content (AvgIpc) is 2.90. The number of ether oxygens (including phenoxy) is 3. The number of aryl methyl sites for hydroxylation is 1. The average molecular weight is 277 g/mol. The molecule has 0 bridgehead atoms. The summed E-state index contributed by atoms with van der Waals surface area (Å²) < 4.78 is 18.1. The van der Waals surface area contributed by atoms with Crippen molar-refractivity contribution in [2.45, 2.75) is 6.10 Å². The second-order valence-corrected chi connectivity index (χ2v) is 4.34. The van der Waals surface area contributed by atoms with Crippen LogP contribution in [0.5, 0.6) is 17.2 Å². The second kappa shape index (κ2) is 6.29. The number of nitrogens with zero attached hydrogens (tertiary/aromatic N) is 2. The largest absolute Gasteiger partial charge is 0.496 e. The summed E-state index contributed by atoms with van der Waals surface area (Å²) in [6.45, 7) is 0.352. The molecule has 1 atom stereocenters. The van der Waals surface area contributed by atoms with Gasteiger partial charge in [0.2, 0.25) is 0 Å². The fraction of sp³-hybridized carbons (Fsp3) is 0.357. The Kier molecular flexibility index (Phi) is 4.47. The predicted octanol–water partition coefficient (Wildman–Crippen LogP) is 1.52. The minimum absolute atomic E-state index is 0.263. The molecule has 0 aliphatic rings. The minimum Gasteiger partial charge on any atom is -0.496 e. The summed E-state index contributed by atoms with van der Waals surface area (Å²) >= 11 is 0. The summed E-state index contributed by atoms with van der Waals surface area (Å²) in [5.41, 5.74) is 6.71. The molecule has 0 fully saturated rings. The van der Waals surface area contributed by atoms with Crippen LogP contribution in [0.2, 0.25) is 0 Å². The molecule has 6 nitrogen and oxygen atoms in total. The van der Waals surface area contributed by atoms with Gasteiger partial charge in [0.25, 0.3) is 0 Å².